The number of rotatable bonds is 7. The van der Waals surface area contributed by atoms with Crippen molar-refractivity contribution < 1.29 is 18.0 Å². The van der Waals surface area contributed by atoms with E-state index in [9.17, 15) is 18.0 Å². The van der Waals surface area contributed by atoms with E-state index in [2.05, 4.69) is 20.3 Å². The number of benzene rings is 1. The van der Waals surface area contributed by atoms with E-state index >= 15 is 0 Å². The summed E-state index contributed by atoms with van der Waals surface area (Å²) in [5, 5.41) is 6.67. The molecule has 0 saturated carbocycles. The quantitative estimate of drug-likeness (QED) is 0.565. The van der Waals surface area contributed by atoms with Gasteiger partial charge < -0.3 is 10.2 Å². The number of hydrogen-bond donors (Lipinski definition) is 1. The lowest BCUT2D eigenvalue weighted by atomic mass is 10.2. The van der Waals surface area contributed by atoms with Gasteiger partial charge in [-0.25, -0.2) is 9.67 Å². The van der Waals surface area contributed by atoms with Crippen LogP contribution in [-0.2, 0) is 12.7 Å². The van der Waals surface area contributed by atoms with Crippen LogP contribution in [0.25, 0.3) is 5.69 Å². The van der Waals surface area contributed by atoms with E-state index in [1.54, 1.807) is 12.3 Å². The third-order valence-corrected chi connectivity index (χ3v) is 4.96. The van der Waals surface area contributed by atoms with Crippen molar-refractivity contribution >= 4 is 23.3 Å². The van der Waals surface area contributed by atoms with Crippen molar-refractivity contribution in [2.24, 2.45) is 0 Å². The fraction of sp³-hybridized carbons (Fsp3) is 0.286. The fourth-order valence-electron chi connectivity index (χ4n) is 3.10. The Bertz CT molecular complexity index is 1030. The lowest BCUT2D eigenvalue weighted by molar-refractivity contribution is -0.143. The topological polar surface area (TPSA) is 63.1 Å². The number of carbonyl (C=O) groups is 1. The molecule has 164 valence electrons. The van der Waals surface area contributed by atoms with E-state index in [0.29, 0.717) is 15.3 Å². The molecule has 1 aromatic carbocycles. The Hall–Kier alpha value is -3.07. The van der Waals surface area contributed by atoms with Gasteiger partial charge in [-0.2, -0.15) is 18.3 Å². The minimum Gasteiger partial charge on any atom is -0.357 e. The Morgan fingerprint density at radius 3 is 2.32 bits per heavy atom. The van der Waals surface area contributed by atoms with Gasteiger partial charge >= 0.3 is 6.18 Å². The number of pyridine rings is 1. The third-order valence-electron chi connectivity index (χ3n) is 4.70. The van der Waals surface area contributed by atoms with Crippen molar-refractivity contribution in [2.75, 3.05) is 18.0 Å². The molecule has 0 aliphatic rings. The van der Waals surface area contributed by atoms with E-state index in [1.807, 2.05) is 19.9 Å². The number of halogens is 4. The SMILES string of the molecule is CCN(CC)c1ccc(CNC(=O)c2cnn(-c3ccc(Cl)cc3)c2C(F)(F)F)cn1. The van der Waals surface area contributed by atoms with Gasteiger partial charge in [0.05, 0.1) is 17.4 Å². The van der Waals surface area contributed by atoms with Crippen LogP contribution in [0, 0.1) is 0 Å². The average Bonchev–Trinajstić information content (AvgIpc) is 3.20. The Balaban J connectivity index is 1.79. The molecule has 1 N–H and O–H groups in total. The molecule has 2 heterocycles. The number of alkyl halides is 3. The van der Waals surface area contributed by atoms with Crippen molar-refractivity contribution in [3.63, 3.8) is 0 Å². The molecule has 6 nitrogen and oxygen atoms in total. The molecule has 0 spiro atoms. The Labute approximate surface area is 182 Å². The lowest BCUT2D eigenvalue weighted by Gasteiger charge is -2.19. The van der Waals surface area contributed by atoms with Crippen LogP contribution in [0.4, 0.5) is 19.0 Å². The van der Waals surface area contributed by atoms with Gasteiger partial charge in [0.2, 0.25) is 0 Å². The van der Waals surface area contributed by atoms with Crippen LogP contribution in [0.3, 0.4) is 0 Å². The zero-order chi connectivity index (χ0) is 22.6. The third kappa shape index (κ3) is 5.16. The number of nitrogens with zero attached hydrogens (tertiary/aromatic N) is 4. The van der Waals surface area contributed by atoms with E-state index < -0.39 is 23.3 Å². The summed E-state index contributed by atoms with van der Waals surface area (Å²) < 4.78 is 41.9. The normalized spacial score (nSPS) is 11.4. The van der Waals surface area contributed by atoms with Crippen LogP contribution in [0.5, 0.6) is 0 Å². The highest BCUT2D eigenvalue weighted by Gasteiger charge is 2.40. The summed E-state index contributed by atoms with van der Waals surface area (Å²) >= 11 is 5.80. The monoisotopic (exact) mass is 451 g/mol. The van der Waals surface area contributed by atoms with E-state index in [0.717, 1.165) is 25.1 Å². The number of nitrogens with one attached hydrogen (secondary N) is 1. The molecule has 0 radical (unpaired) electrons. The molecule has 0 bridgehead atoms. The van der Waals surface area contributed by atoms with Crippen molar-refractivity contribution in [3.8, 4) is 5.69 Å². The molecule has 2 aromatic heterocycles. The zero-order valence-electron chi connectivity index (χ0n) is 16.9. The second kappa shape index (κ2) is 9.38. The van der Waals surface area contributed by atoms with Gasteiger partial charge in [-0.3, -0.25) is 4.79 Å². The molecule has 31 heavy (non-hydrogen) atoms. The first kappa shape index (κ1) is 22.6. The van der Waals surface area contributed by atoms with E-state index in [-0.39, 0.29) is 12.2 Å². The summed E-state index contributed by atoms with van der Waals surface area (Å²) in [6.45, 7) is 5.67. The molecular formula is C21H21ClF3N5O. The highest BCUT2D eigenvalue weighted by molar-refractivity contribution is 6.30. The molecule has 0 unspecified atom stereocenters. The zero-order valence-corrected chi connectivity index (χ0v) is 17.7. The number of carbonyl (C=O) groups excluding carboxylic acids is 1. The Morgan fingerprint density at radius 2 is 1.77 bits per heavy atom. The summed E-state index contributed by atoms with van der Waals surface area (Å²) in [5.74, 6) is -0.0796. The van der Waals surface area contributed by atoms with Crippen LogP contribution in [0.15, 0.2) is 48.8 Å². The highest BCUT2D eigenvalue weighted by Crippen LogP contribution is 2.33. The minimum atomic E-state index is -4.78. The van der Waals surface area contributed by atoms with Crippen molar-refractivity contribution in [2.45, 2.75) is 26.6 Å². The van der Waals surface area contributed by atoms with Gasteiger partial charge in [-0.15, -0.1) is 0 Å². The van der Waals surface area contributed by atoms with Gasteiger partial charge in [-0.1, -0.05) is 17.7 Å². The first-order valence-corrected chi connectivity index (χ1v) is 10.0. The van der Waals surface area contributed by atoms with Crippen LogP contribution in [0.1, 0.15) is 35.5 Å². The predicted octanol–water partition coefficient (Wildman–Crippen LogP) is 4.72. The van der Waals surface area contributed by atoms with E-state index in [4.69, 9.17) is 11.6 Å². The molecule has 10 heteroatoms. The summed E-state index contributed by atoms with van der Waals surface area (Å²) in [6, 6.07) is 9.29. The van der Waals surface area contributed by atoms with Gasteiger partial charge in [-0.05, 0) is 49.7 Å². The molecule has 0 aliphatic carbocycles. The molecule has 0 aliphatic heterocycles. The maximum Gasteiger partial charge on any atom is 0.434 e. The summed E-state index contributed by atoms with van der Waals surface area (Å²) in [6.07, 6.45) is -2.28. The van der Waals surface area contributed by atoms with Gasteiger partial charge in [0.15, 0.2) is 5.69 Å². The lowest BCUT2D eigenvalue weighted by Crippen LogP contribution is -2.26. The molecule has 3 rings (SSSR count). The van der Waals surface area contributed by atoms with Crippen LogP contribution < -0.4 is 10.2 Å². The molecule has 1 amide bonds. The van der Waals surface area contributed by atoms with E-state index in [1.165, 1.54) is 24.3 Å². The van der Waals surface area contributed by atoms with Crippen LogP contribution in [-0.4, -0.2) is 33.8 Å². The highest BCUT2D eigenvalue weighted by atomic mass is 35.5. The predicted molar refractivity (Wildman–Crippen MR) is 113 cm³/mol. The first-order valence-electron chi connectivity index (χ1n) is 9.63. The summed E-state index contributed by atoms with van der Waals surface area (Å²) in [7, 11) is 0. The van der Waals surface area contributed by atoms with Gasteiger partial charge in [0.1, 0.15) is 5.82 Å². The fourth-order valence-corrected chi connectivity index (χ4v) is 3.22. The molecular weight excluding hydrogens is 431 g/mol. The molecule has 0 atom stereocenters. The molecule has 3 aromatic rings. The van der Waals surface area contributed by atoms with Crippen molar-refractivity contribution in [1.29, 1.82) is 0 Å². The van der Waals surface area contributed by atoms with Crippen molar-refractivity contribution in [3.05, 3.63) is 70.6 Å². The largest absolute Gasteiger partial charge is 0.434 e. The number of anilines is 1. The summed E-state index contributed by atoms with van der Waals surface area (Å²) in [5.41, 5.74) is -0.896. The van der Waals surface area contributed by atoms with Crippen molar-refractivity contribution in [1.82, 2.24) is 20.1 Å². The van der Waals surface area contributed by atoms with Gasteiger partial charge in [0.25, 0.3) is 5.91 Å². The maximum atomic E-state index is 13.7. The Kier molecular flexibility index (Phi) is 6.84. The number of amides is 1. The first-order chi connectivity index (χ1) is 14.7. The van der Waals surface area contributed by atoms with Gasteiger partial charge in [0, 0.05) is 30.9 Å². The second-order valence-corrected chi connectivity index (χ2v) is 7.11. The second-order valence-electron chi connectivity index (χ2n) is 6.67. The average molecular weight is 452 g/mol. The summed E-state index contributed by atoms with van der Waals surface area (Å²) in [4.78, 5) is 18.9. The van der Waals surface area contributed by atoms with Crippen LogP contribution >= 0.6 is 11.6 Å². The van der Waals surface area contributed by atoms with Crippen LogP contribution in [0.2, 0.25) is 5.02 Å². The standard InChI is InChI=1S/C21H21ClF3N5O/c1-3-29(4-2)18-10-5-14(11-26-18)12-27-20(31)17-13-28-30(19(17)21(23,24)25)16-8-6-15(22)7-9-16/h5-11,13H,3-4,12H2,1-2H3,(H,27,31). The molecule has 0 fully saturated rings. The maximum absolute atomic E-state index is 13.7. The Morgan fingerprint density at radius 1 is 1.10 bits per heavy atom. The minimum absolute atomic E-state index is 0.0355. The molecule has 0 saturated heterocycles. The number of hydrogen-bond acceptors (Lipinski definition) is 4. The number of aromatic nitrogens is 3. The smallest absolute Gasteiger partial charge is 0.357 e.